The summed E-state index contributed by atoms with van der Waals surface area (Å²) in [7, 11) is 0. The highest BCUT2D eigenvalue weighted by molar-refractivity contribution is 6.32. The van der Waals surface area contributed by atoms with E-state index in [0.717, 1.165) is 6.07 Å². The number of rotatable bonds is 1. The van der Waals surface area contributed by atoms with Crippen LogP contribution in [0.2, 0.25) is 5.02 Å². The average molecular weight is 193 g/mol. The van der Waals surface area contributed by atoms with Gasteiger partial charge in [0.1, 0.15) is 5.82 Å². The zero-order valence-corrected chi connectivity index (χ0v) is 6.58. The van der Waals surface area contributed by atoms with Crippen molar-refractivity contribution >= 4 is 17.7 Å². The highest BCUT2D eigenvalue weighted by Gasteiger charge is 2.04. The summed E-state index contributed by atoms with van der Waals surface area (Å²) < 4.78 is 36.2. The quantitative estimate of drug-likeness (QED) is 0.636. The Morgan fingerprint density at radius 3 is 2.50 bits per heavy atom. The molecule has 0 saturated carbocycles. The largest absolute Gasteiger partial charge is 0.271 e. The summed E-state index contributed by atoms with van der Waals surface area (Å²) >= 11 is 5.46. The molecule has 1 aromatic rings. The third kappa shape index (κ3) is 2.01. The maximum atomic E-state index is 12.7. The number of hydrogen-bond donors (Lipinski definition) is 0. The van der Waals surface area contributed by atoms with Gasteiger partial charge in [-0.1, -0.05) is 17.7 Å². The van der Waals surface area contributed by atoms with Crippen molar-refractivity contribution in [2.75, 3.05) is 0 Å². The summed E-state index contributed by atoms with van der Waals surface area (Å²) in [6.45, 7) is 0. The third-order valence-corrected chi connectivity index (χ3v) is 1.58. The van der Waals surface area contributed by atoms with Gasteiger partial charge in [0.15, 0.2) is 0 Å². The number of benzene rings is 1. The lowest BCUT2D eigenvalue weighted by Gasteiger charge is -1.97. The standard InChI is InChI=1S/C8H4ClF3/c9-6-2-1-3-7(10)5(6)4-8(11)12/h1-4H. The first-order chi connectivity index (χ1) is 5.61. The van der Waals surface area contributed by atoms with Crippen LogP contribution in [0.4, 0.5) is 13.2 Å². The van der Waals surface area contributed by atoms with E-state index in [-0.39, 0.29) is 10.6 Å². The van der Waals surface area contributed by atoms with Crippen molar-refractivity contribution in [3.8, 4) is 0 Å². The maximum absolute atomic E-state index is 12.7. The molecule has 64 valence electrons. The van der Waals surface area contributed by atoms with Gasteiger partial charge < -0.3 is 0 Å². The van der Waals surface area contributed by atoms with E-state index in [0.29, 0.717) is 6.08 Å². The van der Waals surface area contributed by atoms with E-state index in [1.807, 2.05) is 0 Å². The highest BCUT2D eigenvalue weighted by Crippen LogP contribution is 2.22. The zero-order valence-electron chi connectivity index (χ0n) is 5.82. The molecule has 1 aromatic carbocycles. The zero-order chi connectivity index (χ0) is 9.14. The molecule has 0 aromatic heterocycles. The maximum Gasteiger partial charge on any atom is 0.271 e. The Morgan fingerprint density at radius 2 is 2.00 bits per heavy atom. The van der Waals surface area contributed by atoms with Crippen LogP contribution in [-0.4, -0.2) is 0 Å². The second kappa shape index (κ2) is 3.63. The molecule has 12 heavy (non-hydrogen) atoms. The molecular weight excluding hydrogens is 189 g/mol. The van der Waals surface area contributed by atoms with Gasteiger partial charge in [0.2, 0.25) is 0 Å². The monoisotopic (exact) mass is 192 g/mol. The Labute approximate surface area is 72.3 Å². The molecule has 0 saturated heterocycles. The van der Waals surface area contributed by atoms with Gasteiger partial charge in [-0.25, -0.2) is 4.39 Å². The molecular formula is C8H4ClF3. The van der Waals surface area contributed by atoms with Crippen molar-refractivity contribution in [1.29, 1.82) is 0 Å². The Kier molecular flexibility index (Phi) is 2.76. The van der Waals surface area contributed by atoms with Crippen molar-refractivity contribution in [1.82, 2.24) is 0 Å². The molecule has 0 bridgehead atoms. The topological polar surface area (TPSA) is 0 Å². The van der Waals surface area contributed by atoms with Gasteiger partial charge in [0.25, 0.3) is 6.08 Å². The second-order valence-electron chi connectivity index (χ2n) is 2.07. The van der Waals surface area contributed by atoms with Crippen molar-refractivity contribution in [2.45, 2.75) is 0 Å². The van der Waals surface area contributed by atoms with Gasteiger partial charge in [-0.2, -0.15) is 8.78 Å². The first-order valence-corrected chi connectivity index (χ1v) is 3.46. The molecule has 1 rings (SSSR count). The van der Waals surface area contributed by atoms with E-state index in [4.69, 9.17) is 11.6 Å². The Hall–Kier alpha value is -0.960. The van der Waals surface area contributed by atoms with Crippen LogP contribution in [0, 0.1) is 5.82 Å². The lowest BCUT2D eigenvalue weighted by molar-refractivity contribution is 0.429. The van der Waals surface area contributed by atoms with Crippen LogP contribution in [0.1, 0.15) is 5.56 Å². The third-order valence-electron chi connectivity index (χ3n) is 1.25. The van der Waals surface area contributed by atoms with Gasteiger partial charge in [0, 0.05) is 11.6 Å². The molecule has 0 fully saturated rings. The van der Waals surface area contributed by atoms with Crippen LogP contribution >= 0.6 is 11.6 Å². The summed E-state index contributed by atoms with van der Waals surface area (Å²) in [4.78, 5) is 0. The summed E-state index contributed by atoms with van der Waals surface area (Å²) in [5, 5.41) is -0.0252. The van der Waals surface area contributed by atoms with Crippen LogP contribution in [0.5, 0.6) is 0 Å². The van der Waals surface area contributed by atoms with E-state index in [1.165, 1.54) is 12.1 Å². The van der Waals surface area contributed by atoms with Crippen molar-refractivity contribution in [3.63, 3.8) is 0 Å². The average Bonchev–Trinajstić information content (AvgIpc) is 1.97. The Morgan fingerprint density at radius 1 is 1.33 bits per heavy atom. The molecule has 0 amide bonds. The van der Waals surface area contributed by atoms with Gasteiger partial charge in [0.05, 0.1) is 5.02 Å². The van der Waals surface area contributed by atoms with Crippen molar-refractivity contribution < 1.29 is 13.2 Å². The molecule has 0 nitrogen and oxygen atoms in total. The fourth-order valence-corrected chi connectivity index (χ4v) is 0.975. The van der Waals surface area contributed by atoms with E-state index in [1.54, 1.807) is 0 Å². The summed E-state index contributed by atoms with van der Waals surface area (Å²) in [6.07, 6.45) is -1.57. The predicted molar refractivity (Wildman–Crippen MR) is 41.6 cm³/mol. The normalized spacial score (nSPS) is 9.67. The summed E-state index contributed by atoms with van der Waals surface area (Å²) in [6, 6.07) is 3.77. The van der Waals surface area contributed by atoms with E-state index in [2.05, 4.69) is 0 Å². The van der Waals surface area contributed by atoms with Gasteiger partial charge in [-0.05, 0) is 12.1 Å². The predicted octanol–water partition coefficient (Wildman–Crippen LogP) is 3.72. The minimum atomic E-state index is -1.97. The minimum Gasteiger partial charge on any atom is -0.206 e. The molecule has 0 N–H and O–H groups in total. The molecule has 0 unspecified atom stereocenters. The number of hydrogen-bond acceptors (Lipinski definition) is 0. The molecule has 4 heteroatoms. The van der Waals surface area contributed by atoms with Crippen molar-refractivity contribution in [3.05, 3.63) is 40.7 Å². The van der Waals surface area contributed by atoms with E-state index >= 15 is 0 Å². The molecule has 0 radical (unpaired) electrons. The lowest BCUT2D eigenvalue weighted by Crippen LogP contribution is -1.82. The van der Waals surface area contributed by atoms with Gasteiger partial charge in [-0.3, -0.25) is 0 Å². The molecule has 0 aliphatic carbocycles. The van der Waals surface area contributed by atoms with E-state index in [9.17, 15) is 13.2 Å². The van der Waals surface area contributed by atoms with Gasteiger partial charge in [-0.15, -0.1) is 0 Å². The Balaban J connectivity index is 3.22. The van der Waals surface area contributed by atoms with Crippen LogP contribution in [-0.2, 0) is 0 Å². The Bertz CT molecular complexity index is 296. The van der Waals surface area contributed by atoms with Crippen LogP contribution in [0.15, 0.2) is 24.3 Å². The van der Waals surface area contributed by atoms with E-state index < -0.39 is 11.9 Å². The fourth-order valence-electron chi connectivity index (χ4n) is 0.758. The summed E-state index contributed by atoms with van der Waals surface area (Å²) in [5.41, 5.74) is -0.279. The van der Waals surface area contributed by atoms with Crippen molar-refractivity contribution in [2.24, 2.45) is 0 Å². The molecule has 0 aliphatic heterocycles. The SMILES string of the molecule is FC(F)=Cc1c(F)cccc1Cl. The molecule has 0 aliphatic rings. The first kappa shape index (κ1) is 9.13. The molecule has 0 spiro atoms. The van der Waals surface area contributed by atoms with Crippen LogP contribution in [0.25, 0.3) is 6.08 Å². The number of halogens is 4. The molecule has 0 heterocycles. The molecule has 0 atom stereocenters. The summed E-state index contributed by atoms with van der Waals surface area (Å²) in [5.74, 6) is -0.754. The first-order valence-electron chi connectivity index (χ1n) is 3.08. The van der Waals surface area contributed by atoms with Crippen LogP contribution < -0.4 is 0 Å². The minimum absolute atomic E-state index is 0.0252. The lowest BCUT2D eigenvalue weighted by atomic mass is 10.2. The second-order valence-corrected chi connectivity index (χ2v) is 2.48. The van der Waals surface area contributed by atoms with Crippen LogP contribution in [0.3, 0.4) is 0 Å². The smallest absolute Gasteiger partial charge is 0.206 e. The highest BCUT2D eigenvalue weighted by atomic mass is 35.5. The fraction of sp³-hybridized carbons (Fsp3) is 0. The van der Waals surface area contributed by atoms with Gasteiger partial charge >= 0.3 is 0 Å².